The van der Waals surface area contributed by atoms with Crippen LogP contribution in [0.15, 0.2) is 36.4 Å². The second-order valence-corrected chi connectivity index (χ2v) is 6.29. The van der Waals surface area contributed by atoms with Gasteiger partial charge >= 0.3 is 11.9 Å². The number of nitrogens with zero attached hydrogens (tertiary/aromatic N) is 1. The molecule has 0 fully saturated rings. The number of hydrogen-bond acceptors (Lipinski definition) is 8. The zero-order valence-corrected chi connectivity index (χ0v) is 16.3. The molecule has 2 aromatic rings. The lowest BCUT2D eigenvalue weighted by Crippen LogP contribution is -2.20. The molecular formula is C20H23NO8. The average Bonchev–Trinajstić information content (AvgIpc) is 2.72. The number of hydrogen-bond donors (Lipinski definition) is 0. The van der Waals surface area contributed by atoms with E-state index in [4.69, 9.17) is 14.2 Å². The molecule has 2 aromatic carbocycles. The van der Waals surface area contributed by atoms with Crippen LogP contribution in [-0.2, 0) is 23.9 Å². The lowest BCUT2D eigenvalue weighted by atomic mass is 9.98. The first-order valence-electron chi connectivity index (χ1n) is 9.08. The third-order valence-electron chi connectivity index (χ3n) is 4.26. The van der Waals surface area contributed by atoms with Crippen LogP contribution in [0.25, 0.3) is 10.8 Å². The Morgan fingerprint density at radius 1 is 1.03 bits per heavy atom. The molecule has 0 saturated heterocycles. The van der Waals surface area contributed by atoms with Gasteiger partial charge in [0.2, 0.25) is 0 Å². The zero-order chi connectivity index (χ0) is 21.2. The van der Waals surface area contributed by atoms with Gasteiger partial charge < -0.3 is 19.0 Å². The van der Waals surface area contributed by atoms with Gasteiger partial charge in [-0.2, -0.15) is 0 Å². The Labute approximate surface area is 167 Å². The lowest BCUT2D eigenvalue weighted by Gasteiger charge is -2.13. The van der Waals surface area contributed by atoms with Crippen molar-refractivity contribution < 1.29 is 33.7 Å². The fraction of sp³-hybridized carbons (Fsp3) is 0.400. The van der Waals surface area contributed by atoms with Gasteiger partial charge in [0.25, 0.3) is 5.09 Å². The molecular weight excluding hydrogens is 382 g/mol. The van der Waals surface area contributed by atoms with Crippen molar-refractivity contribution in [3.05, 3.63) is 52.1 Å². The van der Waals surface area contributed by atoms with Crippen LogP contribution >= 0.6 is 0 Å². The quantitative estimate of drug-likeness (QED) is 0.243. The number of fused-ring (bicyclic) bond motifs is 1. The molecule has 9 nitrogen and oxygen atoms in total. The highest BCUT2D eigenvalue weighted by molar-refractivity contribution is 5.87. The standard InChI is InChI=1S/C20H23NO8/c1-14(15-5-6-17-12-18(26-2)8-7-16(17)11-15)20(23)28-13-19(22)27-9-3-4-10-29-21(24)25/h5-8,11-12,14H,3-4,9-10,13H2,1-2H3. The monoisotopic (exact) mass is 405 g/mol. The number of ether oxygens (including phenoxy) is 3. The van der Waals surface area contributed by atoms with Gasteiger partial charge in [0.15, 0.2) is 6.61 Å². The first-order chi connectivity index (χ1) is 13.9. The lowest BCUT2D eigenvalue weighted by molar-refractivity contribution is -0.757. The van der Waals surface area contributed by atoms with E-state index in [1.807, 2.05) is 36.4 Å². The molecule has 0 aliphatic carbocycles. The van der Waals surface area contributed by atoms with Crippen molar-refractivity contribution >= 4 is 22.7 Å². The van der Waals surface area contributed by atoms with Crippen molar-refractivity contribution in [3.8, 4) is 5.75 Å². The van der Waals surface area contributed by atoms with E-state index >= 15 is 0 Å². The molecule has 1 atom stereocenters. The van der Waals surface area contributed by atoms with E-state index in [-0.39, 0.29) is 13.2 Å². The second-order valence-electron chi connectivity index (χ2n) is 6.29. The van der Waals surface area contributed by atoms with Crippen LogP contribution < -0.4 is 4.74 Å². The van der Waals surface area contributed by atoms with Crippen LogP contribution in [0.3, 0.4) is 0 Å². The molecule has 156 valence electrons. The largest absolute Gasteiger partial charge is 0.497 e. The smallest absolute Gasteiger partial charge is 0.344 e. The third kappa shape index (κ3) is 6.95. The summed E-state index contributed by atoms with van der Waals surface area (Å²) in [6.07, 6.45) is 0.782. The second kappa shape index (κ2) is 10.8. The number of methoxy groups -OCH3 is 1. The fourth-order valence-electron chi connectivity index (χ4n) is 2.60. The maximum atomic E-state index is 12.2. The summed E-state index contributed by atoms with van der Waals surface area (Å²) in [5, 5.41) is 11.1. The van der Waals surface area contributed by atoms with Crippen molar-refractivity contribution in [1.29, 1.82) is 0 Å². The molecule has 0 aliphatic rings. The van der Waals surface area contributed by atoms with Crippen molar-refractivity contribution in [2.45, 2.75) is 25.7 Å². The summed E-state index contributed by atoms with van der Waals surface area (Å²) in [6, 6.07) is 11.3. The summed E-state index contributed by atoms with van der Waals surface area (Å²) in [5.41, 5.74) is 0.770. The van der Waals surface area contributed by atoms with Crippen LogP contribution in [0.4, 0.5) is 0 Å². The van der Waals surface area contributed by atoms with Gasteiger partial charge in [-0.25, -0.2) is 4.79 Å². The van der Waals surface area contributed by atoms with Crippen molar-refractivity contribution in [1.82, 2.24) is 0 Å². The number of esters is 2. The van der Waals surface area contributed by atoms with Gasteiger partial charge in [-0.3, -0.25) is 4.79 Å². The molecule has 2 rings (SSSR count). The van der Waals surface area contributed by atoms with Crippen LogP contribution in [0, 0.1) is 10.1 Å². The highest BCUT2D eigenvalue weighted by Gasteiger charge is 2.19. The summed E-state index contributed by atoms with van der Waals surface area (Å²) >= 11 is 0. The Bertz CT molecular complexity index is 867. The van der Waals surface area contributed by atoms with E-state index in [0.717, 1.165) is 22.1 Å². The minimum Gasteiger partial charge on any atom is -0.497 e. The maximum absolute atomic E-state index is 12.2. The van der Waals surface area contributed by atoms with E-state index in [1.54, 1.807) is 14.0 Å². The van der Waals surface area contributed by atoms with E-state index in [0.29, 0.717) is 12.8 Å². The summed E-state index contributed by atoms with van der Waals surface area (Å²) in [5.74, 6) is -1.00. The Morgan fingerprint density at radius 2 is 1.72 bits per heavy atom. The fourth-order valence-corrected chi connectivity index (χ4v) is 2.60. The number of benzene rings is 2. The Kier molecular flexibility index (Phi) is 8.20. The van der Waals surface area contributed by atoms with E-state index in [9.17, 15) is 19.7 Å². The van der Waals surface area contributed by atoms with Gasteiger partial charge in [-0.1, -0.05) is 24.3 Å². The van der Waals surface area contributed by atoms with Gasteiger partial charge in [0, 0.05) is 0 Å². The highest BCUT2D eigenvalue weighted by atomic mass is 16.9. The molecule has 0 spiro atoms. The summed E-state index contributed by atoms with van der Waals surface area (Å²) in [6.45, 7) is 1.23. The molecule has 0 radical (unpaired) electrons. The minimum absolute atomic E-state index is 0.0599. The number of rotatable bonds is 11. The zero-order valence-electron chi connectivity index (χ0n) is 16.3. The third-order valence-corrected chi connectivity index (χ3v) is 4.26. The summed E-state index contributed by atoms with van der Waals surface area (Å²) in [4.78, 5) is 38.0. The number of unbranched alkanes of at least 4 members (excludes halogenated alkanes) is 1. The topological polar surface area (TPSA) is 114 Å². The Morgan fingerprint density at radius 3 is 2.45 bits per heavy atom. The van der Waals surface area contributed by atoms with E-state index < -0.39 is 29.6 Å². The summed E-state index contributed by atoms with van der Waals surface area (Å²) < 4.78 is 15.1. The van der Waals surface area contributed by atoms with Crippen molar-refractivity contribution in [3.63, 3.8) is 0 Å². The molecule has 29 heavy (non-hydrogen) atoms. The normalized spacial score (nSPS) is 11.5. The first-order valence-corrected chi connectivity index (χ1v) is 9.08. The predicted octanol–water partition coefficient (Wildman–Crippen LogP) is 3.03. The average molecular weight is 405 g/mol. The minimum atomic E-state index is -0.876. The van der Waals surface area contributed by atoms with Crippen molar-refractivity contribution in [2.24, 2.45) is 0 Å². The van der Waals surface area contributed by atoms with Gasteiger partial charge in [0.05, 0.1) is 26.2 Å². The van der Waals surface area contributed by atoms with Crippen LogP contribution in [0.2, 0.25) is 0 Å². The maximum Gasteiger partial charge on any atom is 0.344 e. The first kappa shape index (κ1) is 21.9. The van der Waals surface area contributed by atoms with Gasteiger partial charge in [0.1, 0.15) is 5.75 Å². The molecule has 0 aliphatic heterocycles. The molecule has 9 heteroatoms. The van der Waals surface area contributed by atoms with Gasteiger partial charge in [-0.15, -0.1) is 10.1 Å². The van der Waals surface area contributed by atoms with Gasteiger partial charge in [-0.05, 0) is 48.2 Å². The molecule has 0 aromatic heterocycles. The number of carbonyl (C=O) groups is 2. The van der Waals surface area contributed by atoms with E-state index in [1.165, 1.54) is 0 Å². The van der Waals surface area contributed by atoms with E-state index in [2.05, 4.69) is 4.84 Å². The number of carbonyl (C=O) groups excluding carboxylic acids is 2. The Balaban J connectivity index is 1.77. The molecule has 0 bridgehead atoms. The molecule has 0 N–H and O–H groups in total. The SMILES string of the molecule is COc1ccc2cc(C(C)C(=O)OCC(=O)OCCCCO[N+](=O)[O-])ccc2c1. The summed E-state index contributed by atoms with van der Waals surface area (Å²) in [7, 11) is 1.60. The van der Waals surface area contributed by atoms with Crippen LogP contribution in [-0.4, -0.2) is 44.0 Å². The Hall–Kier alpha value is -3.36. The van der Waals surface area contributed by atoms with Crippen molar-refractivity contribution in [2.75, 3.05) is 26.9 Å². The van der Waals surface area contributed by atoms with Crippen LogP contribution in [0.5, 0.6) is 5.75 Å². The molecule has 1 unspecified atom stereocenters. The molecule has 0 amide bonds. The highest BCUT2D eigenvalue weighted by Crippen LogP contribution is 2.25. The molecule has 0 saturated carbocycles. The molecule has 0 heterocycles. The predicted molar refractivity (Wildman–Crippen MR) is 103 cm³/mol. The van der Waals surface area contributed by atoms with Crippen LogP contribution in [0.1, 0.15) is 31.2 Å².